The highest BCUT2D eigenvalue weighted by molar-refractivity contribution is 5.95. The van der Waals surface area contributed by atoms with Crippen LogP contribution in [0.4, 0.5) is 11.8 Å². The number of benzene rings is 1. The smallest absolute Gasteiger partial charge is 0.254 e. The van der Waals surface area contributed by atoms with E-state index < -0.39 is 0 Å². The zero-order chi connectivity index (χ0) is 25.2. The summed E-state index contributed by atoms with van der Waals surface area (Å²) in [5.74, 6) is 2.03. The molecule has 0 atom stereocenters. The third kappa shape index (κ3) is 4.80. The molecule has 0 radical (unpaired) electrons. The number of aromatic nitrogens is 5. The van der Waals surface area contributed by atoms with Crippen LogP contribution >= 0.6 is 0 Å². The average Bonchev–Trinajstić information content (AvgIpc) is 3.48. The van der Waals surface area contributed by atoms with Crippen LogP contribution in [0, 0.1) is 6.92 Å². The number of hydrogen-bond acceptors (Lipinski definition) is 10. The molecule has 188 valence electrons. The van der Waals surface area contributed by atoms with Gasteiger partial charge in [-0.15, -0.1) is 0 Å². The number of nitrogen functional groups attached to an aromatic ring is 1. The van der Waals surface area contributed by atoms with E-state index in [2.05, 4.69) is 37.5 Å². The molecule has 1 aliphatic rings. The fraction of sp³-hybridized carbons (Fsp3) is 0.375. The van der Waals surface area contributed by atoms with E-state index in [1.54, 1.807) is 24.1 Å². The lowest BCUT2D eigenvalue weighted by atomic mass is 10.1. The fourth-order valence-corrected chi connectivity index (χ4v) is 4.30. The normalized spacial score (nSPS) is 14.4. The number of anilines is 2. The van der Waals surface area contributed by atoms with Crippen molar-refractivity contribution in [3.8, 4) is 5.75 Å². The van der Waals surface area contributed by atoms with E-state index in [1.807, 2.05) is 30.0 Å². The number of likely N-dealkylation sites (N-methyl/N-ethyl adjacent to an activating group) is 1. The third-order valence-corrected chi connectivity index (χ3v) is 6.26. The number of hydrogen-bond donors (Lipinski definition) is 2. The predicted octanol–water partition coefficient (Wildman–Crippen LogP) is 1.76. The van der Waals surface area contributed by atoms with Crippen molar-refractivity contribution in [1.82, 2.24) is 34.7 Å². The second kappa shape index (κ2) is 9.82. The number of ether oxygens (including phenoxy) is 1. The van der Waals surface area contributed by atoms with Crippen LogP contribution < -0.4 is 15.8 Å². The standard InChI is InChI=1S/C24H29N9O3/c1-15-10-18(30-36-15)12-26-22-21-19(28-24(25)29-22)13-27-33(21)14-17-5-4-16(11-20(17)35-3)23(34)32-8-6-31(2)7-9-32/h4-5,10-11,13H,6-9,12,14H2,1-3H3,(H3,25,26,28,29). The zero-order valence-corrected chi connectivity index (χ0v) is 20.6. The Morgan fingerprint density at radius 1 is 1.19 bits per heavy atom. The van der Waals surface area contributed by atoms with E-state index in [1.165, 1.54) is 0 Å². The van der Waals surface area contributed by atoms with Gasteiger partial charge >= 0.3 is 0 Å². The summed E-state index contributed by atoms with van der Waals surface area (Å²) < 4.78 is 12.6. The Hall–Kier alpha value is -4.19. The molecule has 36 heavy (non-hydrogen) atoms. The first-order valence-corrected chi connectivity index (χ1v) is 11.7. The van der Waals surface area contributed by atoms with Gasteiger partial charge in [0.25, 0.3) is 5.91 Å². The van der Waals surface area contributed by atoms with Crippen LogP contribution in [0.15, 0.2) is 35.0 Å². The van der Waals surface area contributed by atoms with Gasteiger partial charge < -0.3 is 30.1 Å². The molecule has 4 heterocycles. The van der Waals surface area contributed by atoms with Crippen LogP contribution in [0.5, 0.6) is 5.75 Å². The Labute approximate surface area is 208 Å². The van der Waals surface area contributed by atoms with E-state index in [4.69, 9.17) is 15.0 Å². The number of fused-ring (bicyclic) bond motifs is 1. The molecular weight excluding hydrogens is 462 g/mol. The van der Waals surface area contributed by atoms with E-state index in [0.29, 0.717) is 54.3 Å². The topological polar surface area (TPSA) is 140 Å². The molecule has 0 aliphatic carbocycles. The minimum Gasteiger partial charge on any atom is -0.496 e. The van der Waals surface area contributed by atoms with Gasteiger partial charge in [-0.05, 0) is 26.1 Å². The lowest BCUT2D eigenvalue weighted by Crippen LogP contribution is -2.47. The number of rotatable bonds is 7. The molecule has 1 fully saturated rings. The molecule has 1 aromatic carbocycles. The monoisotopic (exact) mass is 491 g/mol. The summed E-state index contributed by atoms with van der Waals surface area (Å²) >= 11 is 0. The number of methoxy groups -OCH3 is 1. The quantitative estimate of drug-likeness (QED) is 0.393. The highest BCUT2D eigenvalue weighted by Crippen LogP contribution is 2.27. The second-order valence-corrected chi connectivity index (χ2v) is 8.87. The molecule has 0 unspecified atom stereocenters. The van der Waals surface area contributed by atoms with Crippen molar-refractivity contribution in [2.75, 3.05) is 51.4 Å². The van der Waals surface area contributed by atoms with Crippen molar-refractivity contribution in [3.05, 3.63) is 53.0 Å². The maximum Gasteiger partial charge on any atom is 0.254 e. The van der Waals surface area contributed by atoms with Crippen LogP contribution in [-0.4, -0.2) is 80.9 Å². The number of aryl methyl sites for hydroxylation is 1. The first-order chi connectivity index (χ1) is 17.4. The highest BCUT2D eigenvalue weighted by Gasteiger charge is 2.22. The summed E-state index contributed by atoms with van der Waals surface area (Å²) in [6, 6.07) is 7.38. The van der Waals surface area contributed by atoms with Crippen molar-refractivity contribution in [2.45, 2.75) is 20.0 Å². The van der Waals surface area contributed by atoms with E-state index >= 15 is 0 Å². The van der Waals surface area contributed by atoms with Crippen molar-refractivity contribution < 1.29 is 14.1 Å². The fourth-order valence-electron chi connectivity index (χ4n) is 4.30. The summed E-state index contributed by atoms with van der Waals surface area (Å²) in [6.07, 6.45) is 1.65. The van der Waals surface area contributed by atoms with Gasteiger partial charge in [0.05, 0.1) is 26.4 Å². The summed E-state index contributed by atoms with van der Waals surface area (Å²) in [7, 11) is 3.66. The molecule has 0 bridgehead atoms. The lowest BCUT2D eigenvalue weighted by Gasteiger charge is -2.32. The van der Waals surface area contributed by atoms with Gasteiger partial charge in [0.2, 0.25) is 5.95 Å². The first kappa shape index (κ1) is 23.5. The minimum absolute atomic E-state index is 0.0101. The molecule has 12 heteroatoms. The highest BCUT2D eigenvalue weighted by atomic mass is 16.5. The number of carbonyl (C=O) groups is 1. The van der Waals surface area contributed by atoms with Gasteiger partial charge in [0.15, 0.2) is 5.82 Å². The average molecular weight is 492 g/mol. The third-order valence-electron chi connectivity index (χ3n) is 6.26. The van der Waals surface area contributed by atoms with Crippen molar-refractivity contribution in [3.63, 3.8) is 0 Å². The number of nitrogens with zero attached hydrogens (tertiary/aromatic N) is 7. The number of amides is 1. The van der Waals surface area contributed by atoms with Crippen LogP contribution in [-0.2, 0) is 13.1 Å². The molecule has 3 N–H and O–H groups in total. The molecule has 3 aromatic heterocycles. The Kier molecular flexibility index (Phi) is 6.42. The zero-order valence-electron chi connectivity index (χ0n) is 20.6. The van der Waals surface area contributed by atoms with Gasteiger partial charge in [-0.2, -0.15) is 10.1 Å². The molecule has 1 saturated heterocycles. The van der Waals surface area contributed by atoms with Crippen LogP contribution in [0.1, 0.15) is 27.4 Å². The Morgan fingerprint density at radius 2 is 2.00 bits per heavy atom. The van der Waals surface area contributed by atoms with E-state index in [9.17, 15) is 4.79 Å². The molecule has 1 aliphatic heterocycles. The number of nitrogens with two attached hydrogens (primary N) is 1. The van der Waals surface area contributed by atoms with E-state index in [-0.39, 0.29) is 11.9 Å². The van der Waals surface area contributed by atoms with E-state index in [0.717, 1.165) is 30.1 Å². The number of nitrogens with one attached hydrogen (secondary N) is 1. The molecular formula is C24H29N9O3. The van der Waals surface area contributed by atoms with Crippen LogP contribution in [0.3, 0.4) is 0 Å². The van der Waals surface area contributed by atoms with Crippen LogP contribution in [0.2, 0.25) is 0 Å². The molecule has 12 nitrogen and oxygen atoms in total. The van der Waals surface area contributed by atoms with Gasteiger partial charge in [-0.25, -0.2) is 4.98 Å². The summed E-state index contributed by atoms with van der Waals surface area (Å²) in [6.45, 7) is 5.79. The maximum absolute atomic E-state index is 13.0. The van der Waals surface area contributed by atoms with Gasteiger partial charge in [-0.1, -0.05) is 11.2 Å². The van der Waals surface area contributed by atoms with Gasteiger partial charge in [0.1, 0.15) is 28.2 Å². The molecule has 5 rings (SSSR count). The maximum atomic E-state index is 13.0. The summed E-state index contributed by atoms with van der Waals surface area (Å²) in [4.78, 5) is 25.8. The Morgan fingerprint density at radius 3 is 2.72 bits per heavy atom. The lowest BCUT2D eigenvalue weighted by molar-refractivity contribution is 0.0663. The number of piperazine rings is 1. The van der Waals surface area contributed by atoms with Gasteiger partial charge in [0, 0.05) is 43.4 Å². The molecule has 1 amide bonds. The summed E-state index contributed by atoms with van der Waals surface area (Å²) in [5.41, 5.74) is 9.45. The Bertz CT molecular complexity index is 1390. The van der Waals surface area contributed by atoms with Crippen molar-refractivity contribution in [1.29, 1.82) is 0 Å². The first-order valence-electron chi connectivity index (χ1n) is 11.7. The minimum atomic E-state index is 0.0101. The largest absolute Gasteiger partial charge is 0.496 e. The van der Waals surface area contributed by atoms with Crippen LogP contribution in [0.25, 0.3) is 11.0 Å². The van der Waals surface area contributed by atoms with Crippen molar-refractivity contribution >= 4 is 28.7 Å². The van der Waals surface area contributed by atoms with Gasteiger partial charge in [-0.3, -0.25) is 9.48 Å². The Balaban J connectivity index is 1.40. The molecule has 0 saturated carbocycles. The number of carbonyl (C=O) groups excluding carboxylic acids is 1. The second-order valence-electron chi connectivity index (χ2n) is 8.87. The molecule has 0 spiro atoms. The van der Waals surface area contributed by atoms with Crippen molar-refractivity contribution in [2.24, 2.45) is 0 Å². The SMILES string of the molecule is COc1cc(C(=O)N2CCN(C)CC2)ccc1Cn1ncc2nc(N)nc(NCc3cc(C)on3)c21. The predicted molar refractivity (Wildman–Crippen MR) is 134 cm³/mol. The summed E-state index contributed by atoms with van der Waals surface area (Å²) in [5, 5.41) is 11.8. The molecule has 4 aromatic rings.